The Balaban J connectivity index is 1.52. The number of nitrogens with zero attached hydrogens (tertiary/aromatic N) is 2. The molecule has 0 saturated carbocycles. The van der Waals surface area contributed by atoms with Crippen molar-refractivity contribution in [2.75, 3.05) is 23.9 Å². The molecule has 0 radical (unpaired) electrons. The van der Waals surface area contributed by atoms with Gasteiger partial charge in [-0.2, -0.15) is 0 Å². The van der Waals surface area contributed by atoms with E-state index in [0.29, 0.717) is 0 Å². The Kier molecular flexibility index (Phi) is 9.27. The van der Waals surface area contributed by atoms with Crippen LogP contribution in [0.4, 0.5) is 22.7 Å². The van der Waals surface area contributed by atoms with Crippen molar-refractivity contribution < 1.29 is 0 Å². The average molecular weight is 657 g/mol. The van der Waals surface area contributed by atoms with Crippen molar-refractivity contribution in [1.82, 2.24) is 0 Å². The standard InChI is InChI=1S/C46H54B2N2/c1-11-13-15-35-17-19-41-37(25-35)47(45-31(5)21-29(3)22-32(45)6)39-27-44-40(28-43(39)49(41)9)48(46-33(7)23-30(4)24-34(46)8)38-26-36(16-14-12-2)18-20-42(38)50(44)10/h17-28H,11-16H2,1-10H3. The molecule has 50 heavy (non-hydrogen) atoms. The summed E-state index contributed by atoms with van der Waals surface area (Å²) in [6, 6.07) is 29.3. The molecule has 254 valence electrons. The molecule has 0 spiro atoms. The second-order valence-corrected chi connectivity index (χ2v) is 15.6. The van der Waals surface area contributed by atoms with Crippen LogP contribution in [-0.2, 0) is 12.8 Å². The van der Waals surface area contributed by atoms with E-state index in [9.17, 15) is 0 Å². The Morgan fingerprint density at radius 2 is 0.780 bits per heavy atom. The van der Waals surface area contributed by atoms with Crippen molar-refractivity contribution in [3.63, 3.8) is 0 Å². The van der Waals surface area contributed by atoms with Crippen LogP contribution >= 0.6 is 0 Å². The molecule has 0 fully saturated rings. The number of fused-ring (bicyclic) bond motifs is 4. The molecule has 0 aromatic heterocycles. The van der Waals surface area contributed by atoms with Gasteiger partial charge in [0, 0.05) is 36.8 Å². The Bertz CT molecular complexity index is 1910. The van der Waals surface area contributed by atoms with E-state index in [-0.39, 0.29) is 13.4 Å². The molecule has 0 amide bonds. The number of anilines is 4. The van der Waals surface area contributed by atoms with Crippen molar-refractivity contribution in [2.24, 2.45) is 0 Å². The molecule has 2 aliphatic heterocycles. The van der Waals surface area contributed by atoms with Crippen LogP contribution in [0.15, 0.2) is 72.8 Å². The van der Waals surface area contributed by atoms with Gasteiger partial charge in [0.2, 0.25) is 13.4 Å². The van der Waals surface area contributed by atoms with Crippen LogP contribution in [-0.4, -0.2) is 27.5 Å². The van der Waals surface area contributed by atoms with E-state index in [0.717, 1.165) is 12.8 Å². The van der Waals surface area contributed by atoms with Crippen LogP contribution in [0.5, 0.6) is 0 Å². The number of hydrogen-bond acceptors (Lipinski definition) is 2. The van der Waals surface area contributed by atoms with Crippen molar-refractivity contribution in [1.29, 1.82) is 0 Å². The molecule has 2 aliphatic rings. The Labute approximate surface area is 303 Å². The summed E-state index contributed by atoms with van der Waals surface area (Å²) in [6.07, 6.45) is 7.10. The van der Waals surface area contributed by atoms with E-state index in [1.807, 2.05) is 0 Å². The van der Waals surface area contributed by atoms with Gasteiger partial charge in [-0.05, 0) is 124 Å². The highest BCUT2D eigenvalue weighted by Crippen LogP contribution is 2.34. The first-order chi connectivity index (χ1) is 24.0. The van der Waals surface area contributed by atoms with Crippen LogP contribution in [0.25, 0.3) is 0 Å². The number of hydrogen-bond donors (Lipinski definition) is 0. The van der Waals surface area contributed by atoms with E-state index in [1.54, 1.807) is 0 Å². The lowest BCUT2D eigenvalue weighted by Crippen LogP contribution is -2.62. The molecule has 5 aromatic rings. The summed E-state index contributed by atoms with van der Waals surface area (Å²) in [6.45, 7) is 18.7. The van der Waals surface area contributed by atoms with Gasteiger partial charge in [-0.3, -0.25) is 0 Å². The lowest BCUT2D eigenvalue weighted by atomic mass is 9.31. The second kappa shape index (κ2) is 13.5. The molecule has 0 N–H and O–H groups in total. The van der Waals surface area contributed by atoms with Crippen molar-refractivity contribution in [3.8, 4) is 0 Å². The largest absolute Gasteiger partial charge is 0.345 e. The Morgan fingerprint density at radius 3 is 1.12 bits per heavy atom. The quantitative estimate of drug-likeness (QED) is 0.161. The van der Waals surface area contributed by atoms with Crippen LogP contribution in [0.1, 0.15) is 84.0 Å². The van der Waals surface area contributed by atoms with Crippen LogP contribution in [0.3, 0.4) is 0 Å². The number of aryl methyl sites for hydroxylation is 8. The summed E-state index contributed by atoms with van der Waals surface area (Å²) in [4.78, 5) is 4.98. The smallest absolute Gasteiger partial charge is 0.247 e. The van der Waals surface area contributed by atoms with Crippen LogP contribution in [0.2, 0.25) is 0 Å². The average Bonchev–Trinajstić information content (AvgIpc) is 3.07. The van der Waals surface area contributed by atoms with Gasteiger partial charge in [0.1, 0.15) is 0 Å². The lowest BCUT2D eigenvalue weighted by molar-refractivity contribution is 0.795. The third-order valence-electron chi connectivity index (χ3n) is 11.7. The highest BCUT2D eigenvalue weighted by molar-refractivity contribution is 7.00. The monoisotopic (exact) mass is 656 g/mol. The second-order valence-electron chi connectivity index (χ2n) is 15.6. The van der Waals surface area contributed by atoms with Gasteiger partial charge in [0.15, 0.2) is 0 Å². The van der Waals surface area contributed by atoms with Crippen molar-refractivity contribution in [3.05, 3.63) is 117 Å². The van der Waals surface area contributed by atoms with E-state index in [2.05, 4.69) is 152 Å². The van der Waals surface area contributed by atoms with Gasteiger partial charge in [0.25, 0.3) is 0 Å². The van der Waals surface area contributed by atoms with Gasteiger partial charge in [-0.25, -0.2) is 0 Å². The fourth-order valence-corrected chi connectivity index (χ4v) is 9.52. The summed E-state index contributed by atoms with van der Waals surface area (Å²) in [7, 11) is 4.59. The van der Waals surface area contributed by atoms with Gasteiger partial charge in [0.05, 0.1) is 0 Å². The number of unbranched alkanes of at least 4 members (excludes halogenated alkanes) is 2. The zero-order valence-corrected chi connectivity index (χ0v) is 32.2. The summed E-state index contributed by atoms with van der Waals surface area (Å²) < 4.78 is 0. The first kappa shape index (κ1) is 34.3. The molecule has 0 atom stereocenters. The molecule has 5 aromatic carbocycles. The summed E-state index contributed by atoms with van der Waals surface area (Å²) >= 11 is 0. The Hall–Kier alpha value is -4.17. The molecule has 0 bridgehead atoms. The van der Waals surface area contributed by atoms with Crippen LogP contribution in [0, 0.1) is 41.5 Å². The summed E-state index contributed by atoms with van der Waals surface area (Å²) in [5.74, 6) is 0. The minimum atomic E-state index is 0.163. The number of rotatable bonds is 8. The lowest BCUT2D eigenvalue weighted by Gasteiger charge is -2.41. The predicted molar refractivity (Wildman–Crippen MR) is 223 cm³/mol. The zero-order chi connectivity index (χ0) is 35.4. The SMILES string of the molecule is CCCCc1ccc2c(c1)B(c1c(C)cc(C)cc1C)c1cc3c(cc1N2C)B(c1c(C)cc(C)cc1C)c1cc(CCCC)ccc1N3C. The first-order valence-corrected chi connectivity index (χ1v) is 19.1. The molecule has 0 aliphatic carbocycles. The molecule has 2 nitrogen and oxygen atoms in total. The van der Waals surface area contributed by atoms with Gasteiger partial charge >= 0.3 is 0 Å². The fourth-order valence-electron chi connectivity index (χ4n) is 9.52. The molecular weight excluding hydrogens is 602 g/mol. The van der Waals surface area contributed by atoms with Gasteiger partial charge in [-0.1, -0.05) is 120 Å². The maximum absolute atomic E-state index is 2.58. The fraction of sp³-hybridized carbons (Fsp3) is 0.348. The molecule has 0 unspecified atom stereocenters. The minimum Gasteiger partial charge on any atom is -0.345 e. The van der Waals surface area contributed by atoms with Gasteiger partial charge < -0.3 is 9.80 Å². The third kappa shape index (κ3) is 5.79. The van der Waals surface area contributed by atoms with Crippen molar-refractivity contribution in [2.45, 2.75) is 93.9 Å². The highest BCUT2D eigenvalue weighted by atomic mass is 15.1. The summed E-state index contributed by atoms with van der Waals surface area (Å²) in [5, 5.41) is 0. The molecule has 2 heterocycles. The normalized spacial score (nSPS) is 13.3. The molecular formula is C46H54B2N2. The maximum atomic E-state index is 2.58. The Morgan fingerprint density at radius 1 is 0.440 bits per heavy atom. The van der Waals surface area contributed by atoms with E-state index in [4.69, 9.17) is 0 Å². The first-order valence-electron chi connectivity index (χ1n) is 19.1. The van der Waals surface area contributed by atoms with E-state index < -0.39 is 0 Å². The third-order valence-corrected chi connectivity index (χ3v) is 11.7. The van der Waals surface area contributed by atoms with E-state index >= 15 is 0 Å². The predicted octanol–water partition coefficient (Wildman–Crippen LogP) is 7.42. The maximum Gasteiger partial charge on any atom is 0.247 e. The van der Waals surface area contributed by atoms with Crippen molar-refractivity contribution >= 4 is 69.0 Å². The molecule has 4 heteroatoms. The molecule has 7 rings (SSSR count). The van der Waals surface area contributed by atoms with E-state index in [1.165, 1.54) is 126 Å². The highest BCUT2D eigenvalue weighted by Gasteiger charge is 2.41. The zero-order valence-electron chi connectivity index (χ0n) is 32.2. The van der Waals surface area contributed by atoms with Crippen LogP contribution < -0.4 is 42.6 Å². The minimum absolute atomic E-state index is 0.163. The topological polar surface area (TPSA) is 6.48 Å². The van der Waals surface area contributed by atoms with Gasteiger partial charge in [-0.15, -0.1) is 0 Å². The number of benzene rings is 5. The summed E-state index contributed by atoms with van der Waals surface area (Å²) in [5.41, 5.74) is 25.0. The molecule has 0 saturated heterocycles.